The number of hydrogen-bond donors (Lipinski definition) is 1. The number of pyridine rings is 1. The van der Waals surface area contributed by atoms with Crippen LogP contribution >= 0.6 is 23.2 Å². The van der Waals surface area contributed by atoms with Crippen molar-refractivity contribution in [3.8, 4) is 0 Å². The molecule has 2 unspecified atom stereocenters. The molecule has 3 rings (SSSR count). The maximum atomic E-state index is 11.8. The SMILES string of the molecule is CC1Cc2nc3c(Cl)c(Cl)ccc3c(C(=O)O)c2C(C)O1. The van der Waals surface area contributed by atoms with Gasteiger partial charge < -0.3 is 9.84 Å². The highest BCUT2D eigenvalue weighted by molar-refractivity contribution is 6.45. The van der Waals surface area contributed by atoms with Gasteiger partial charge >= 0.3 is 5.97 Å². The number of carbonyl (C=O) groups is 1. The summed E-state index contributed by atoms with van der Waals surface area (Å²) in [5.74, 6) is -1.01. The molecule has 21 heavy (non-hydrogen) atoms. The Morgan fingerprint density at radius 1 is 1.38 bits per heavy atom. The Kier molecular flexibility index (Phi) is 3.56. The van der Waals surface area contributed by atoms with Crippen molar-refractivity contribution in [2.75, 3.05) is 0 Å². The Morgan fingerprint density at radius 3 is 2.76 bits per heavy atom. The summed E-state index contributed by atoms with van der Waals surface area (Å²) >= 11 is 12.2. The third kappa shape index (κ3) is 2.27. The van der Waals surface area contributed by atoms with Crippen LogP contribution < -0.4 is 0 Å². The second-order valence-corrected chi connectivity index (χ2v) is 5.99. The highest BCUT2D eigenvalue weighted by Gasteiger charge is 2.30. The van der Waals surface area contributed by atoms with E-state index in [1.807, 2.05) is 13.8 Å². The minimum absolute atomic E-state index is 0.0166. The van der Waals surface area contributed by atoms with Crippen LogP contribution in [-0.2, 0) is 11.2 Å². The fourth-order valence-corrected chi connectivity index (χ4v) is 3.26. The van der Waals surface area contributed by atoms with E-state index in [2.05, 4.69) is 4.98 Å². The molecule has 1 aromatic heterocycles. The summed E-state index contributed by atoms with van der Waals surface area (Å²) in [5, 5.41) is 10.8. The number of nitrogens with zero attached hydrogens (tertiary/aromatic N) is 1. The lowest BCUT2D eigenvalue weighted by Crippen LogP contribution is -2.26. The predicted molar refractivity (Wildman–Crippen MR) is 81.4 cm³/mol. The number of benzene rings is 1. The first-order chi connectivity index (χ1) is 9.90. The molecule has 0 bridgehead atoms. The molecule has 0 fully saturated rings. The van der Waals surface area contributed by atoms with Gasteiger partial charge in [-0.2, -0.15) is 0 Å². The van der Waals surface area contributed by atoms with Crippen LogP contribution in [0.25, 0.3) is 10.9 Å². The number of hydrogen-bond acceptors (Lipinski definition) is 3. The van der Waals surface area contributed by atoms with E-state index in [-0.39, 0.29) is 22.8 Å². The molecule has 0 amide bonds. The van der Waals surface area contributed by atoms with Crippen LogP contribution in [0.2, 0.25) is 10.0 Å². The van der Waals surface area contributed by atoms with E-state index in [4.69, 9.17) is 27.9 Å². The van der Waals surface area contributed by atoms with E-state index in [9.17, 15) is 9.90 Å². The molecule has 1 aromatic carbocycles. The van der Waals surface area contributed by atoms with E-state index in [1.165, 1.54) is 0 Å². The molecule has 0 spiro atoms. The molecule has 4 nitrogen and oxygen atoms in total. The lowest BCUT2D eigenvalue weighted by atomic mass is 9.92. The zero-order valence-corrected chi connectivity index (χ0v) is 13.0. The molecule has 2 heterocycles. The van der Waals surface area contributed by atoms with Crippen LogP contribution in [0.3, 0.4) is 0 Å². The van der Waals surface area contributed by atoms with Gasteiger partial charge in [-0.3, -0.25) is 4.98 Å². The topological polar surface area (TPSA) is 59.4 Å². The van der Waals surface area contributed by atoms with Crippen molar-refractivity contribution in [3.63, 3.8) is 0 Å². The van der Waals surface area contributed by atoms with Gasteiger partial charge in [0.2, 0.25) is 0 Å². The van der Waals surface area contributed by atoms with E-state index >= 15 is 0 Å². The van der Waals surface area contributed by atoms with Gasteiger partial charge in [-0.15, -0.1) is 0 Å². The summed E-state index contributed by atoms with van der Waals surface area (Å²) in [6, 6.07) is 3.23. The molecule has 2 aromatic rings. The quantitative estimate of drug-likeness (QED) is 0.850. The molecule has 0 saturated heterocycles. The van der Waals surface area contributed by atoms with Crippen molar-refractivity contribution < 1.29 is 14.6 Å². The van der Waals surface area contributed by atoms with E-state index in [0.717, 1.165) is 5.69 Å². The number of fused-ring (bicyclic) bond motifs is 2. The van der Waals surface area contributed by atoms with Crippen molar-refractivity contribution in [3.05, 3.63) is 39.0 Å². The lowest BCUT2D eigenvalue weighted by Gasteiger charge is -2.29. The average molecular weight is 326 g/mol. The smallest absolute Gasteiger partial charge is 0.336 e. The Morgan fingerprint density at radius 2 is 2.10 bits per heavy atom. The number of aromatic carboxylic acids is 1. The maximum absolute atomic E-state index is 11.8. The Bertz CT molecular complexity index is 760. The normalized spacial score (nSPS) is 21.3. The summed E-state index contributed by atoms with van der Waals surface area (Å²) in [7, 11) is 0. The van der Waals surface area contributed by atoms with Gasteiger partial charge in [-0.1, -0.05) is 29.3 Å². The Labute approximate surface area is 131 Å². The minimum atomic E-state index is -1.01. The van der Waals surface area contributed by atoms with Gasteiger partial charge in [0.15, 0.2) is 0 Å². The zero-order valence-electron chi connectivity index (χ0n) is 11.5. The number of carboxylic acid groups (broad SMARTS) is 1. The number of carboxylic acids is 1. The fourth-order valence-electron chi connectivity index (χ4n) is 2.90. The molecule has 1 aliphatic rings. The van der Waals surface area contributed by atoms with Gasteiger partial charge in [0.1, 0.15) is 0 Å². The van der Waals surface area contributed by atoms with Crippen LogP contribution in [-0.4, -0.2) is 22.2 Å². The van der Waals surface area contributed by atoms with Crippen LogP contribution in [0.15, 0.2) is 12.1 Å². The molecule has 0 radical (unpaired) electrons. The number of aromatic nitrogens is 1. The molecule has 1 N–H and O–H groups in total. The monoisotopic (exact) mass is 325 g/mol. The molecular weight excluding hydrogens is 313 g/mol. The number of ether oxygens (including phenoxy) is 1. The van der Waals surface area contributed by atoms with Crippen molar-refractivity contribution in [1.82, 2.24) is 4.98 Å². The summed E-state index contributed by atoms with van der Waals surface area (Å²) in [6.45, 7) is 3.78. The molecule has 1 aliphatic heterocycles. The molecule has 0 saturated carbocycles. The summed E-state index contributed by atoms with van der Waals surface area (Å²) in [4.78, 5) is 16.3. The van der Waals surface area contributed by atoms with Gasteiger partial charge in [0.25, 0.3) is 0 Å². The number of halogens is 2. The molecule has 110 valence electrons. The zero-order chi connectivity index (χ0) is 15.3. The van der Waals surface area contributed by atoms with Crippen LogP contribution in [0.1, 0.15) is 41.6 Å². The molecule has 6 heteroatoms. The van der Waals surface area contributed by atoms with Crippen molar-refractivity contribution >= 4 is 40.1 Å². The Hall–Kier alpha value is -1.36. The Balaban J connectivity index is 2.44. The largest absolute Gasteiger partial charge is 0.478 e. The molecule has 2 atom stereocenters. The van der Waals surface area contributed by atoms with Crippen LogP contribution in [0.5, 0.6) is 0 Å². The van der Waals surface area contributed by atoms with Crippen LogP contribution in [0.4, 0.5) is 0 Å². The lowest BCUT2D eigenvalue weighted by molar-refractivity contribution is -0.00661. The fraction of sp³-hybridized carbons (Fsp3) is 0.333. The van der Waals surface area contributed by atoms with Gasteiger partial charge in [-0.05, 0) is 19.9 Å². The van der Waals surface area contributed by atoms with E-state index in [1.54, 1.807) is 12.1 Å². The van der Waals surface area contributed by atoms with Gasteiger partial charge in [0.05, 0.1) is 39.0 Å². The van der Waals surface area contributed by atoms with Crippen LogP contribution in [0, 0.1) is 0 Å². The average Bonchev–Trinajstić information content (AvgIpc) is 2.40. The first-order valence-corrected chi connectivity index (χ1v) is 7.35. The summed E-state index contributed by atoms with van der Waals surface area (Å²) in [6.07, 6.45) is 0.219. The first kappa shape index (κ1) is 14.6. The van der Waals surface area contributed by atoms with Gasteiger partial charge in [0, 0.05) is 17.4 Å². The summed E-state index contributed by atoms with van der Waals surface area (Å²) in [5.41, 5.74) is 1.98. The molecule has 0 aliphatic carbocycles. The van der Waals surface area contributed by atoms with Crippen molar-refractivity contribution in [2.45, 2.75) is 32.5 Å². The first-order valence-electron chi connectivity index (χ1n) is 6.59. The third-order valence-corrected chi connectivity index (χ3v) is 4.50. The minimum Gasteiger partial charge on any atom is -0.478 e. The maximum Gasteiger partial charge on any atom is 0.336 e. The molecular formula is C15H13Cl2NO3. The summed E-state index contributed by atoms with van der Waals surface area (Å²) < 4.78 is 5.74. The van der Waals surface area contributed by atoms with Crippen molar-refractivity contribution in [2.24, 2.45) is 0 Å². The van der Waals surface area contributed by atoms with Crippen molar-refractivity contribution in [1.29, 1.82) is 0 Å². The van der Waals surface area contributed by atoms with Gasteiger partial charge in [-0.25, -0.2) is 4.79 Å². The number of rotatable bonds is 1. The highest BCUT2D eigenvalue weighted by atomic mass is 35.5. The predicted octanol–water partition coefficient (Wildman–Crippen LogP) is 4.26. The second-order valence-electron chi connectivity index (χ2n) is 5.20. The van der Waals surface area contributed by atoms with E-state index in [0.29, 0.717) is 27.9 Å². The van der Waals surface area contributed by atoms with E-state index < -0.39 is 5.97 Å². The standard InChI is InChI=1S/C15H13Cl2NO3/c1-6-5-10-11(7(2)21-6)12(15(19)20)8-3-4-9(16)13(17)14(8)18-10/h3-4,6-7H,5H2,1-2H3,(H,19,20). The highest BCUT2D eigenvalue weighted by Crippen LogP contribution is 2.38. The second kappa shape index (κ2) is 5.13. The third-order valence-electron chi connectivity index (χ3n) is 3.70.